The summed E-state index contributed by atoms with van der Waals surface area (Å²) in [5, 5.41) is 0.617. The topological polar surface area (TPSA) is 53.1 Å². The molecule has 0 radical (unpaired) electrons. The molecule has 0 spiro atoms. The van der Waals surface area contributed by atoms with Gasteiger partial charge in [-0.2, -0.15) is 0 Å². The van der Waals surface area contributed by atoms with E-state index >= 15 is 0 Å². The van der Waals surface area contributed by atoms with Crippen molar-refractivity contribution in [2.24, 2.45) is 0 Å². The molecular weight excluding hydrogens is 413 g/mol. The van der Waals surface area contributed by atoms with Gasteiger partial charge in [-0.1, -0.05) is 23.2 Å². The fourth-order valence-electron chi connectivity index (χ4n) is 3.29. The lowest BCUT2D eigenvalue weighted by Crippen LogP contribution is -2.50. The van der Waals surface area contributed by atoms with Gasteiger partial charge in [0.15, 0.2) is 5.75 Å². The van der Waals surface area contributed by atoms with Crippen LogP contribution in [0.25, 0.3) is 0 Å². The van der Waals surface area contributed by atoms with Crippen LogP contribution in [0.15, 0.2) is 36.4 Å². The van der Waals surface area contributed by atoms with Crippen molar-refractivity contribution in [3.8, 4) is 5.75 Å². The monoisotopic (exact) mass is 435 g/mol. The van der Waals surface area contributed by atoms with Gasteiger partial charge in [-0.05, 0) is 36.4 Å². The molecule has 1 aliphatic heterocycles. The molecule has 0 unspecified atom stereocenters. The summed E-state index contributed by atoms with van der Waals surface area (Å²) in [6, 6.07) is 10.7. The highest BCUT2D eigenvalue weighted by molar-refractivity contribution is 6.37. The minimum atomic E-state index is -0.253. The van der Waals surface area contributed by atoms with Crippen molar-refractivity contribution >= 4 is 40.7 Å². The van der Waals surface area contributed by atoms with Crippen molar-refractivity contribution in [3.63, 3.8) is 0 Å². The molecule has 1 heterocycles. The Morgan fingerprint density at radius 3 is 1.90 bits per heavy atom. The number of hydrogen-bond donors (Lipinski definition) is 0. The summed E-state index contributed by atoms with van der Waals surface area (Å²) < 4.78 is 5.28. The van der Waals surface area contributed by atoms with Gasteiger partial charge in [0.05, 0.1) is 17.2 Å². The Bertz CT molecular complexity index is 908. The van der Waals surface area contributed by atoms with Crippen LogP contribution < -0.4 is 9.64 Å². The second-order valence-electron chi connectivity index (χ2n) is 6.96. The molecule has 8 heteroatoms. The second-order valence-corrected chi connectivity index (χ2v) is 7.78. The molecule has 154 valence electrons. The van der Waals surface area contributed by atoms with Gasteiger partial charge < -0.3 is 19.4 Å². The van der Waals surface area contributed by atoms with E-state index in [1.807, 2.05) is 43.3 Å². The standard InChI is InChI=1S/C21H23Cl2N3O3/c1-24(2)15-6-4-14(5-7-15)20(27)25-10-12-26(13-11-25)21(28)18-16(22)8-9-17(23)19(18)29-3/h4-9H,10-13H2,1-3H3. The van der Waals surface area contributed by atoms with E-state index in [1.54, 1.807) is 21.9 Å². The normalized spacial score (nSPS) is 14.0. The van der Waals surface area contributed by atoms with E-state index in [9.17, 15) is 9.59 Å². The number of ether oxygens (including phenoxy) is 1. The zero-order chi connectivity index (χ0) is 21.1. The number of piperazine rings is 1. The van der Waals surface area contributed by atoms with Gasteiger partial charge in [0.25, 0.3) is 11.8 Å². The van der Waals surface area contributed by atoms with Gasteiger partial charge in [-0.3, -0.25) is 9.59 Å². The third kappa shape index (κ3) is 4.43. The molecule has 3 rings (SSSR count). The van der Waals surface area contributed by atoms with E-state index in [4.69, 9.17) is 27.9 Å². The molecular formula is C21H23Cl2N3O3. The molecule has 1 fully saturated rings. The first-order chi connectivity index (χ1) is 13.8. The molecule has 0 aliphatic carbocycles. The van der Waals surface area contributed by atoms with Crippen molar-refractivity contribution in [2.45, 2.75) is 0 Å². The lowest BCUT2D eigenvalue weighted by atomic mass is 10.1. The number of amides is 2. The van der Waals surface area contributed by atoms with Crippen molar-refractivity contribution in [2.75, 3.05) is 52.3 Å². The van der Waals surface area contributed by atoms with E-state index in [2.05, 4.69) is 0 Å². The van der Waals surface area contributed by atoms with Gasteiger partial charge in [0.2, 0.25) is 0 Å². The van der Waals surface area contributed by atoms with Crippen LogP contribution in [0.2, 0.25) is 10.0 Å². The molecule has 1 aliphatic rings. The fourth-order valence-corrected chi connectivity index (χ4v) is 3.75. The predicted molar refractivity (Wildman–Crippen MR) is 116 cm³/mol. The Balaban J connectivity index is 1.68. The van der Waals surface area contributed by atoms with Crippen molar-refractivity contribution in [1.82, 2.24) is 9.80 Å². The summed E-state index contributed by atoms with van der Waals surface area (Å²) in [5.41, 5.74) is 1.92. The van der Waals surface area contributed by atoms with Gasteiger partial charge >= 0.3 is 0 Å². The van der Waals surface area contributed by atoms with Crippen molar-refractivity contribution in [3.05, 3.63) is 57.6 Å². The average molecular weight is 436 g/mol. The number of methoxy groups -OCH3 is 1. The quantitative estimate of drug-likeness (QED) is 0.734. The minimum absolute atomic E-state index is 0.0410. The third-order valence-electron chi connectivity index (χ3n) is 4.96. The van der Waals surface area contributed by atoms with Crippen LogP contribution in [-0.2, 0) is 0 Å². The maximum Gasteiger partial charge on any atom is 0.259 e. The summed E-state index contributed by atoms with van der Waals surface area (Å²) in [6.07, 6.45) is 0. The molecule has 0 saturated carbocycles. The average Bonchev–Trinajstić information content (AvgIpc) is 2.74. The molecule has 2 amide bonds. The van der Waals surface area contributed by atoms with Crippen LogP contribution in [0.1, 0.15) is 20.7 Å². The summed E-state index contributed by atoms with van der Waals surface area (Å²) >= 11 is 12.4. The number of benzene rings is 2. The second kappa shape index (κ2) is 8.93. The lowest BCUT2D eigenvalue weighted by molar-refractivity contribution is 0.0533. The molecule has 0 atom stereocenters. The SMILES string of the molecule is COc1c(Cl)ccc(Cl)c1C(=O)N1CCN(C(=O)c2ccc(N(C)C)cc2)CC1. The zero-order valence-electron chi connectivity index (χ0n) is 16.6. The molecule has 6 nitrogen and oxygen atoms in total. The van der Waals surface area contributed by atoms with E-state index in [1.165, 1.54) is 7.11 Å². The van der Waals surface area contributed by atoms with Crippen LogP contribution in [0.5, 0.6) is 5.75 Å². The highest BCUT2D eigenvalue weighted by atomic mass is 35.5. The summed E-state index contributed by atoms with van der Waals surface area (Å²) in [6.45, 7) is 1.71. The number of anilines is 1. The number of carbonyl (C=O) groups is 2. The van der Waals surface area contributed by atoms with Gasteiger partial charge in [-0.25, -0.2) is 0 Å². The Morgan fingerprint density at radius 1 is 0.862 bits per heavy atom. The Morgan fingerprint density at radius 2 is 1.38 bits per heavy atom. The van der Waals surface area contributed by atoms with Crippen LogP contribution in [0.3, 0.4) is 0 Å². The third-order valence-corrected chi connectivity index (χ3v) is 5.57. The van der Waals surface area contributed by atoms with Crippen molar-refractivity contribution in [1.29, 1.82) is 0 Å². The molecule has 0 bridgehead atoms. The van der Waals surface area contributed by atoms with Crippen LogP contribution in [0.4, 0.5) is 5.69 Å². The predicted octanol–water partition coefficient (Wildman–Crippen LogP) is 3.67. The highest BCUT2D eigenvalue weighted by Gasteiger charge is 2.29. The van der Waals surface area contributed by atoms with E-state index < -0.39 is 0 Å². The van der Waals surface area contributed by atoms with E-state index in [0.717, 1.165) is 5.69 Å². The lowest BCUT2D eigenvalue weighted by Gasteiger charge is -2.35. The number of carbonyl (C=O) groups excluding carboxylic acids is 2. The maximum atomic E-state index is 13.0. The fraction of sp³-hybridized carbons (Fsp3) is 0.333. The zero-order valence-corrected chi connectivity index (χ0v) is 18.1. The molecule has 0 N–H and O–H groups in total. The minimum Gasteiger partial charge on any atom is -0.494 e. The van der Waals surface area contributed by atoms with E-state index in [0.29, 0.717) is 36.8 Å². The molecule has 2 aromatic rings. The first-order valence-electron chi connectivity index (χ1n) is 9.21. The summed E-state index contributed by atoms with van der Waals surface area (Å²) in [5.74, 6) is -0.0267. The Hall–Kier alpha value is -2.44. The number of rotatable bonds is 4. The van der Waals surface area contributed by atoms with Crippen LogP contribution in [0, 0.1) is 0 Å². The molecule has 0 aromatic heterocycles. The highest BCUT2D eigenvalue weighted by Crippen LogP contribution is 2.34. The maximum absolute atomic E-state index is 13.0. The largest absolute Gasteiger partial charge is 0.494 e. The molecule has 1 saturated heterocycles. The first-order valence-corrected chi connectivity index (χ1v) is 9.97. The molecule has 2 aromatic carbocycles. The van der Waals surface area contributed by atoms with Gasteiger partial charge in [0.1, 0.15) is 5.56 Å². The number of nitrogens with zero attached hydrogens (tertiary/aromatic N) is 3. The van der Waals surface area contributed by atoms with Crippen LogP contribution >= 0.6 is 23.2 Å². The number of halogens is 2. The first kappa shape index (κ1) is 21.3. The Kier molecular flexibility index (Phi) is 6.55. The summed E-state index contributed by atoms with van der Waals surface area (Å²) in [7, 11) is 5.36. The van der Waals surface area contributed by atoms with E-state index in [-0.39, 0.29) is 28.1 Å². The molecule has 29 heavy (non-hydrogen) atoms. The van der Waals surface area contributed by atoms with Gasteiger partial charge in [0, 0.05) is 51.5 Å². The summed E-state index contributed by atoms with van der Waals surface area (Å²) in [4.78, 5) is 31.2. The Labute approximate surface area is 180 Å². The smallest absolute Gasteiger partial charge is 0.259 e. The van der Waals surface area contributed by atoms with Crippen LogP contribution in [-0.4, -0.2) is 69.0 Å². The van der Waals surface area contributed by atoms with Crippen molar-refractivity contribution < 1.29 is 14.3 Å². The van der Waals surface area contributed by atoms with Gasteiger partial charge in [-0.15, -0.1) is 0 Å². The number of hydrogen-bond acceptors (Lipinski definition) is 4.